The quantitative estimate of drug-likeness (QED) is 0.0985. The summed E-state index contributed by atoms with van der Waals surface area (Å²) in [6.45, 7) is 11.2. The van der Waals surface area contributed by atoms with Gasteiger partial charge in [-0.2, -0.15) is 0 Å². The summed E-state index contributed by atoms with van der Waals surface area (Å²) in [7, 11) is 6.53. The van der Waals surface area contributed by atoms with Crippen molar-refractivity contribution in [1.82, 2.24) is 4.98 Å². The number of hydrogen-bond donors (Lipinski definition) is 0. The minimum absolute atomic E-state index is 0.599. The molecule has 10 nitrogen and oxygen atoms in total. The van der Waals surface area contributed by atoms with Crippen LogP contribution in [0.25, 0.3) is 10.8 Å². The van der Waals surface area contributed by atoms with Crippen molar-refractivity contribution >= 4 is 16.5 Å². The molecule has 2 heterocycles. The summed E-state index contributed by atoms with van der Waals surface area (Å²) in [5.41, 5.74) is 6.68. The maximum atomic E-state index is 5.83. The van der Waals surface area contributed by atoms with Gasteiger partial charge in [0.05, 0.1) is 60.6 Å². The van der Waals surface area contributed by atoms with Crippen molar-refractivity contribution in [1.29, 1.82) is 0 Å². The van der Waals surface area contributed by atoms with Crippen molar-refractivity contribution in [2.75, 3.05) is 61.4 Å². The number of benzene rings is 4. The lowest BCUT2D eigenvalue weighted by Crippen LogP contribution is -2.16. The van der Waals surface area contributed by atoms with Crippen LogP contribution in [-0.2, 0) is 19.3 Å². The molecule has 0 saturated carbocycles. The van der Waals surface area contributed by atoms with E-state index in [1.165, 1.54) is 5.56 Å². The summed E-state index contributed by atoms with van der Waals surface area (Å²) in [5.74, 6) is 5.98. The van der Waals surface area contributed by atoms with Crippen molar-refractivity contribution in [2.24, 2.45) is 4.99 Å². The van der Waals surface area contributed by atoms with Crippen LogP contribution < -0.4 is 37.9 Å². The van der Waals surface area contributed by atoms with Gasteiger partial charge < -0.3 is 37.9 Å². The standard InChI is InChI=1S/C24H31NO4.C20H21NO4/c1-5-26-21-10-9-17(14-22(21)27-6-2)13-20-19-16-24(29-8-4)23(28-7-3)15-18(19)11-12-25-20;1-22-17-6-5-13(10-18(17)23-2)9-16-15-12-20(25-4)19(24-3)11-14(15)7-8-21-16/h9-10,14-16H,5-8,11-13H2,1-4H3;5-8,10-12H,9H2,1-4H3. The fraction of sp³-hybridized carbons (Fsp3) is 0.364. The highest BCUT2D eigenvalue weighted by molar-refractivity contribution is 6.04. The third kappa shape index (κ3) is 9.47. The Bertz CT molecular complexity index is 2040. The zero-order valence-corrected chi connectivity index (χ0v) is 32.7. The van der Waals surface area contributed by atoms with Crippen molar-refractivity contribution in [2.45, 2.75) is 47.0 Å². The van der Waals surface area contributed by atoms with Crippen LogP contribution in [0.15, 0.2) is 77.9 Å². The molecule has 1 aliphatic rings. The normalized spacial score (nSPS) is 11.7. The molecule has 0 unspecified atom stereocenters. The van der Waals surface area contributed by atoms with Crippen LogP contribution >= 0.6 is 0 Å². The third-order valence-electron chi connectivity index (χ3n) is 8.91. The molecule has 0 spiro atoms. The summed E-state index contributed by atoms with van der Waals surface area (Å²) >= 11 is 0. The molecule has 0 amide bonds. The largest absolute Gasteiger partial charge is 0.493 e. The molecule has 0 radical (unpaired) electrons. The molecule has 0 N–H and O–H groups in total. The smallest absolute Gasteiger partial charge is 0.161 e. The van der Waals surface area contributed by atoms with E-state index in [1.807, 2.05) is 76.4 Å². The number of aromatic nitrogens is 1. The minimum Gasteiger partial charge on any atom is -0.493 e. The average Bonchev–Trinajstić information content (AvgIpc) is 3.19. The first kappa shape index (κ1) is 39.6. The molecule has 6 rings (SSSR count). The lowest BCUT2D eigenvalue weighted by atomic mass is 9.93. The van der Waals surface area contributed by atoms with E-state index in [1.54, 1.807) is 28.4 Å². The second kappa shape index (κ2) is 19.4. The molecule has 0 fully saturated rings. The molecule has 1 aliphatic heterocycles. The Morgan fingerprint density at radius 3 is 1.70 bits per heavy atom. The van der Waals surface area contributed by atoms with Gasteiger partial charge in [0.1, 0.15) is 0 Å². The average molecular weight is 737 g/mol. The second-order valence-corrected chi connectivity index (χ2v) is 12.3. The highest BCUT2D eigenvalue weighted by atomic mass is 16.5. The van der Waals surface area contributed by atoms with Crippen molar-refractivity contribution in [3.8, 4) is 46.0 Å². The Labute approximate surface area is 319 Å². The van der Waals surface area contributed by atoms with Gasteiger partial charge in [0, 0.05) is 42.2 Å². The van der Waals surface area contributed by atoms with E-state index < -0.39 is 0 Å². The highest BCUT2D eigenvalue weighted by Crippen LogP contribution is 2.36. The van der Waals surface area contributed by atoms with Crippen LogP contribution in [0.1, 0.15) is 55.6 Å². The van der Waals surface area contributed by atoms with Gasteiger partial charge in [-0.3, -0.25) is 9.98 Å². The van der Waals surface area contributed by atoms with Gasteiger partial charge in [0.2, 0.25) is 0 Å². The molecular formula is C44H52N2O8. The lowest BCUT2D eigenvalue weighted by molar-refractivity contribution is 0.287. The fourth-order valence-corrected chi connectivity index (χ4v) is 6.44. The Balaban J connectivity index is 0.000000210. The number of aliphatic imine (C=N–C) groups is 1. The first-order chi connectivity index (χ1) is 26.4. The van der Waals surface area contributed by atoms with Crippen LogP contribution in [0.4, 0.5) is 0 Å². The van der Waals surface area contributed by atoms with Gasteiger partial charge in [-0.25, -0.2) is 0 Å². The monoisotopic (exact) mass is 736 g/mol. The van der Waals surface area contributed by atoms with Gasteiger partial charge in [-0.15, -0.1) is 0 Å². The van der Waals surface area contributed by atoms with Crippen LogP contribution in [0.2, 0.25) is 0 Å². The summed E-state index contributed by atoms with van der Waals surface area (Å²) in [6, 6.07) is 22.1. The molecule has 0 atom stereocenters. The fourth-order valence-electron chi connectivity index (χ4n) is 6.44. The zero-order valence-electron chi connectivity index (χ0n) is 32.7. The molecule has 0 aliphatic carbocycles. The maximum absolute atomic E-state index is 5.83. The van der Waals surface area contributed by atoms with E-state index in [0.29, 0.717) is 55.8 Å². The number of ether oxygens (including phenoxy) is 8. The second-order valence-electron chi connectivity index (χ2n) is 12.3. The Morgan fingerprint density at radius 2 is 1.06 bits per heavy atom. The Kier molecular flexibility index (Phi) is 14.2. The van der Waals surface area contributed by atoms with Gasteiger partial charge in [0.15, 0.2) is 46.0 Å². The SMILES string of the molecule is CCOc1ccc(CC2=NCCc3cc(OCC)c(OCC)cc32)cc1OCC.COc1ccc(Cc2nccc3cc(OC)c(OC)cc23)cc1OC. The molecule has 0 saturated heterocycles. The first-order valence-electron chi connectivity index (χ1n) is 18.4. The number of fused-ring (bicyclic) bond motifs is 2. The molecule has 10 heteroatoms. The van der Waals surface area contributed by atoms with Crippen LogP contribution in [0.3, 0.4) is 0 Å². The first-order valence-corrected chi connectivity index (χ1v) is 18.4. The number of methoxy groups -OCH3 is 4. The molecular weight excluding hydrogens is 684 g/mol. The van der Waals surface area contributed by atoms with Gasteiger partial charge in [0.25, 0.3) is 0 Å². The number of pyridine rings is 1. The lowest BCUT2D eigenvalue weighted by Gasteiger charge is -2.21. The van der Waals surface area contributed by atoms with E-state index in [2.05, 4.69) is 29.2 Å². The Morgan fingerprint density at radius 1 is 0.519 bits per heavy atom. The summed E-state index contributed by atoms with van der Waals surface area (Å²) in [4.78, 5) is 9.39. The maximum Gasteiger partial charge on any atom is 0.161 e. The van der Waals surface area contributed by atoms with Crippen LogP contribution in [0, 0.1) is 0 Å². The molecule has 1 aromatic heterocycles. The molecule has 286 valence electrons. The van der Waals surface area contributed by atoms with Gasteiger partial charge in [-0.1, -0.05) is 12.1 Å². The minimum atomic E-state index is 0.599. The van der Waals surface area contributed by atoms with Crippen LogP contribution in [0.5, 0.6) is 46.0 Å². The number of hydrogen-bond acceptors (Lipinski definition) is 10. The predicted molar refractivity (Wildman–Crippen MR) is 214 cm³/mol. The van der Waals surface area contributed by atoms with Crippen molar-refractivity contribution < 1.29 is 37.9 Å². The topological polar surface area (TPSA) is 99.1 Å². The zero-order chi connectivity index (χ0) is 38.5. The number of nitrogens with zero attached hydrogens (tertiary/aromatic N) is 2. The van der Waals surface area contributed by atoms with Gasteiger partial charge >= 0.3 is 0 Å². The van der Waals surface area contributed by atoms with E-state index in [0.717, 1.165) is 81.3 Å². The predicted octanol–water partition coefficient (Wildman–Crippen LogP) is 8.73. The summed E-state index contributed by atoms with van der Waals surface area (Å²) in [6.07, 6.45) is 4.13. The molecule has 54 heavy (non-hydrogen) atoms. The number of rotatable bonds is 16. The van der Waals surface area contributed by atoms with Crippen molar-refractivity contribution in [3.63, 3.8) is 0 Å². The third-order valence-corrected chi connectivity index (χ3v) is 8.91. The van der Waals surface area contributed by atoms with Gasteiger partial charge in [-0.05, 0) is 111 Å². The van der Waals surface area contributed by atoms with E-state index in [4.69, 9.17) is 42.9 Å². The van der Waals surface area contributed by atoms with E-state index in [-0.39, 0.29) is 0 Å². The summed E-state index contributed by atoms with van der Waals surface area (Å²) < 4.78 is 44.6. The van der Waals surface area contributed by atoms with E-state index in [9.17, 15) is 0 Å². The summed E-state index contributed by atoms with van der Waals surface area (Å²) in [5, 5.41) is 2.10. The Hall–Kier alpha value is -5.64. The van der Waals surface area contributed by atoms with Crippen LogP contribution in [-0.4, -0.2) is 72.1 Å². The molecule has 5 aromatic rings. The van der Waals surface area contributed by atoms with Crippen molar-refractivity contribution in [3.05, 3.63) is 101 Å². The van der Waals surface area contributed by atoms with E-state index >= 15 is 0 Å². The molecule has 4 aromatic carbocycles. The molecule has 0 bridgehead atoms. The highest BCUT2D eigenvalue weighted by Gasteiger charge is 2.20.